The maximum Gasteiger partial charge on any atom is 0.433 e. The number of aliphatic imine (C=N–C) groups is 2. The Bertz CT molecular complexity index is 3320. The first-order chi connectivity index (χ1) is 59.4. The standard InChI is InChI=1S/C11H25N3O2S.C11H23NO.C10H23N3.C10H18N2S.C10H21NO.C9H19NO3.C9H19NO2.C8H18N4O2.C8H19NO3S.C8H17NO2/c1-11(2,3)8-7-9-12-10(14(4)5)13-17(6,15)16;1-9(2)10(13)12-8-6-7-11(3,4)5;1-10(2,3)7-6-8-13-9(11-4)12-5;1-10(2,3)5-4-6-11-9-12-7-8-13-9;1-5-9(12)11-8-6-7-10(2,3)4;1-9(2,3)6-5-7-10(12)8(11)13-4;1-8(11)10(12)7-5-6-9(2,3)4;1-7(2)5-4-6-10-8(9-3)11-12(13)14;1-8(2,3)6-5-7-9(10)13(4,11)12;1-7(2)4-3-5-9-8(11)6-10/h7-9H2,1-6H3,(H,12,13);9H,6-8H2,1-5H3,(H,12,13);6-8H2,1-5H3,(H2,11,12,13);7-8H,4-6H2,1-3H3,(H,11,12);5-8H2,1-4H3,(H,11,12);12H,5-7H2,1-4H3;12H,5-7H2,1-4H3;7H,4-6H2,1-3H3,(H2,9,10,11);10H,5-7H2,1-4H3;7,10H,3-6H2,1-2H3,(H,9,11). The third kappa shape index (κ3) is 130. The van der Waals surface area contributed by atoms with E-state index in [0.29, 0.717) is 94.6 Å². The van der Waals surface area contributed by atoms with Crippen molar-refractivity contribution >= 4 is 84.1 Å². The molecule has 0 unspecified atom stereocenters. The zero-order valence-corrected chi connectivity index (χ0v) is 92.9. The van der Waals surface area contributed by atoms with Gasteiger partial charge in [-0.2, -0.15) is 5.06 Å². The van der Waals surface area contributed by atoms with Crippen molar-refractivity contribution in [2.75, 3.05) is 132 Å². The van der Waals surface area contributed by atoms with Gasteiger partial charge in [-0.1, -0.05) is 219 Å². The number of amides is 5. The number of ether oxygens (including phenoxy) is 1. The van der Waals surface area contributed by atoms with Gasteiger partial charge in [0, 0.05) is 125 Å². The SMILES string of the molecule is CC(=O)N(O)CCCC(C)(C)C.CC(C)(C)CCCN(O)S(C)(=O)=O.CC(C)(C)CCCNc1nccs1.CC(C)C(=O)NCCCC(C)(C)C.CC(C)CCCNC(=O)CO.CCC(=O)NCCCC(C)(C)C.CN(C)C(=NCCCC(C)(C)C)NS(C)(=O)=O.CN/C(=N\[N+](=O)[O-])NCCCC(C)C.CN=C(NC)NCCCC(C)(C)C.COC(=O)N(O)CCCC(C)(C)C. The summed E-state index contributed by atoms with van der Waals surface area (Å²) in [5, 5.41) is 75.7. The molecule has 0 saturated heterocycles. The fraction of sp³-hybridized carbons (Fsp3) is 0.883. The number of hydrogen-bond acceptors (Lipinski definition) is 21. The van der Waals surface area contributed by atoms with E-state index in [0.717, 1.165) is 151 Å². The highest BCUT2D eigenvalue weighted by atomic mass is 32.2. The van der Waals surface area contributed by atoms with E-state index in [1.54, 1.807) is 44.4 Å². The summed E-state index contributed by atoms with van der Waals surface area (Å²) >= 11 is 1.66. The Morgan fingerprint density at radius 1 is 0.527 bits per heavy atom. The molecule has 1 rings (SSSR count). The summed E-state index contributed by atoms with van der Waals surface area (Å²) in [6.45, 7) is 74.3. The van der Waals surface area contributed by atoms with E-state index >= 15 is 0 Å². The monoisotopic (exact) mass is 1940 g/mol. The lowest BCUT2D eigenvalue weighted by Gasteiger charge is -2.19. The van der Waals surface area contributed by atoms with Gasteiger partial charge >= 0.3 is 6.09 Å². The van der Waals surface area contributed by atoms with E-state index in [1.807, 2.05) is 39.4 Å². The molecule has 0 bridgehead atoms. The van der Waals surface area contributed by atoms with E-state index in [-0.39, 0.29) is 63.7 Å². The topological polar surface area (TPSA) is 458 Å². The smallest absolute Gasteiger partial charge is 0.433 e. The van der Waals surface area contributed by atoms with E-state index in [9.17, 15) is 50.9 Å². The number of sulfonamides is 2. The first kappa shape index (κ1) is 142. The lowest BCUT2D eigenvalue weighted by Crippen LogP contribution is -2.39. The number of hydroxylamine groups is 5. The third-order valence-electron chi connectivity index (χ3n) is 17.5. The molecular formula is C94H202N18O16S3. The first-order valence-electron chi connectivity index (χ1n) is 46.9. The lowest BCUT2D eigenvalue weighted by atomic mass is 9.90. The lowest BCUT2D eigenvalue weighted by molar-refractivity contribution is -0.485. The zero-order valence-electron chi connectivity index (χ0n) is 90.5. The highest BCUT2D eigenvalue weighted by molar-refractivity contribution is 7.89. The van der Waals surface area contributed by atoms with Crippen LogP contribution >= 0.6 is 11.3 Å². The molecule has 1 aromatic heterocycles. The van der Waals surface area contributed by atoms with Gasteiger partial charge in [0.1, 0.15) is 11.7 Å². The van der Waals surface area contributed by atoms with Crippen LogP contribution in [-0.2, 0) is 44.0 Å². The van der Waals surface area contributed by atoms with Crippen molar-refractivity contribution in [3.8, 4) is 0 Å². The average Bonchev–Trinajstić information content (AvgIpc) is 1.34. The number of aliphatic hydroxyl groups excluding tert-OH is 1. The van der Waals surface area contributed by atoms with Crippen LogP contribution in [0.25, 0.3) is 0 Å². The van der Waals surface area contributed by atoms with Gasteiger partial charge in [0.25, 0.3) is 5.96 Å². The molecular weight excluding hydrogens is 1730 g/mol. The Balaban J connectivity index is -0.000000181. The maximum atomic E-state index is 11.2. The summed E-state index contributed by atoms with van der Waals surface area (Å²) < 4.78 is 50.9. The Morgan fingerprint density at radius 2 is 0.878 bits per heavy atom. The van der Waals surface area contributed by atoms with E-state index in [4.69, 9.17) is 20.7 Å². The summed E-state index contributed by atoms with van der Waals surface area (Å²) in [7, 11) is 3.34. The van der Waals surface area contributed by atoms with Crippen LogP contribution in [0.5, 0.6) is 0 Å². The fourth-order valence-electron chi connectivity index (χ4n) is 10.0. The van der Waals surface area contributed by atoms with Crippen molar-refractivity contribution in [1.29, 1.82) is 0 Å². The average molecular weight is 1940 g/mol. The van der Waals surface area contributed by atoms with Crippen molar-refractivity contribution in [2.24, 2.45) is 76.2 Å². The number of hydrogen-bond donors (Lipinski definition) is 13. The molecule has 1 aromatic rings. The number of hydrazone groups is 1. The number of carbonyl (C=O) groups excluding carboxylic acids is 5. The number of aliphatic hydroxyl groups is 1. The van der Waals surface area contributed by atoms with Gasteiger partial charge in [0.2, 0.25) is 49.6 Å². The van der Waals surface area contributed by atoms with E-state index < -0.39 is 37.8 Å². The van der Waals surface area contributed by atoms with Crippen LogP contribution in [0.4, 0.5) is 9.93 Å². The Labute approximate surface area is 803 Å². The quantitative estimate of drug-likeness (QED) is 0.00727. The van der Waals surface area contributed by atoms with Gasteiger partial charge in [0.05, 0.1) is 26.2 Å². The molecule has 0 saturated carbocycles. The van der Waals surface area contributed by atoms with Crippen LogP contribution in [0, 0.1) is 71.2 Å². The molecule has 5 amide bonds. The summed E-state index contributed by atoms with van der Waals surface area (Å²) in [4.78, 5) is 77.9. The summed E-state index contributed by atoms with van der Waals surface area (Å²) in [5.74, 6) is 2.66. The van der Waals surface area contributed by atoms with Crippen LogP contribution in [0.15, 0.2) is 26.7 Å². The summed E-state index contributed by atoms with van der Waals surface area (Å²) in [6, 6.07) is 0. The number of aromatic nitrogens is 1. The molecule has 0 radical (unpaired) electrons. The van der Waals surface area contributed by atoms with Crippen molar-refractivity contribution in [3.63, 3.8) is 0 Å². The summed E-state index contributed by atoms with van der Waals surface area (Å²) in [6.07, 6.45) is 24.6. The fourth-order valence-corrected chi connectivity index (χ4v) is 11.6. The Hall–Kier alpha value is -6.51. The molecule has 131 heavy (non-hydrogen) atoms. The van der Waals surface area contributed by atoms with Crippen LogP contribution in [0.3, 0.4) is 0 Å². The van der Waals surface area contributed by atoms with Crippen LogP contribution in [-0.4, -0.2) is 242 Å². The number of thiazole rings is 1. The molecule has 13 N–H and O–H groups in total. The third-order valence-corrected chi connectivity index (χ3v) is 19.7. The number of rotatable bonds is 39. The van der Waals surface area contributed by atoms with Crippen molar-refractivity contribution in [2.45, 2.75) is 356 Å². The molecule has 0 aliphatic carbocycles. The minimum atomic E-state index is -3.43. The van der Waals surface area contributed by atoms with Crippen molar-refractivity contribution in [3.05, 3.63) is 21.7 Å². The molecule has 37 heteroatoms. The van der Waals surface area contributed by atoms with Gasteiger partial charge < -0.3 is 57.3 Å². The van der Waals surface area contributed by atoms with Gasteiger partial charge in [-0.25, -0.2) is 41.8 Å². The second-order valence-corrected chi connectivity index (χ2v) is 48.0. The number of nitro groups is 1. The second kappa shape index (κ2) is 78.6. The number of guanidine groups is 3. The molecule has 34 nitrogen and oxygen atoms in total. The molecule has 0 aliphatic rings. The maximum absolute atomic E-state index is 11.2. The summed E-state index contributed by atoms with van der Waals surface area (Å²) in [5.41, 5.74) is 2.62. The van der Waals surface area contributed by atoms with E-state index in [2.05, 4.69) is 266 Å². The predicted molar refractivity (Wildman–Crippen MR) is 549 cm³/mol. The van der Waals surface area contributed by atoms with Crippen LogP contribution in [0.1, 0.15) is 356 Å². The molecule has 0 spiro atoms. The van der Waals surface area contributed by atoms with E-state index in [1.165, 1.54) is 39.7 Å². The molecule has 0 atom stereocenters. The number of nitrogens with one attached hydrogen (secondary N) is 9. The largest absolute Gasteiger partial charge is 0.451 e. The second-order valence-electron chi connectivity index (χ2n) is 43.4. The van der Waals surface area contributed by atoms with Gasteiger partial charge in [-0.3, -0.25) is 49.5 Å². The van der Waals surface area contributed by atoms with Crippen LogP contribution < -0.4 is 47.3 Å². The van der Waals surface area contributed by atoms with Crippen molar-refractivity contribution in [1.82, 2.24) is 66.4 Å². The van der Waals surface area contributed by atoms with Gasteiger partial charge in [0.15, 0.2) is 16.1 Å². The highest BCUT2D eigenvalue weighted by Gasteiger charge is 2.20. The number of anilines is 1. The number of methoxy groups -OCH3 is 1. The van der Waals surface area contributed by atoms with Gasteiger partial charge in [-0.05, 0) is 184 Å². The highest BCUT2D eigenvalue weighted by Crippen LogP contribution is 2.26. The normalized spacial score (nSPS) is 12.0. The van der Waals surface area contributed by atoms with Crippen LogP contribution in [0.2, 0.25) is 0 Å². The molecule has 0 fully saturated rings. The zero-order chi connectivity index (χ0) is 104. The minimum Gasteiger partial charge on any atom is -0.451 e. The Kier molecular flexibility index (Phi) is 85.4. The predicted octanol–water partition coefficient (Wildman–Crippen LogP) is 18.3. The van der Waals surface area contributed by atoms with Crippen molar-refractivity contribution < 1.29 is 71.3 Å². The molecule has 0 aliphatic heterocycles. The van der Waals surface area contributed by atoms with Gasteiger partial charge in [-0.15, -0.1) is 11.3 Å². The number of carbonyl (C=O) groups is 5. The first-order valence-corrected chi connectivity index (χ1v) is 51.5. The minimum absolute atomic E-state index is 0.106. The number of nitrogens with zero attached hydrogens (tertiary/aromatic N) is 9. The molecule has 782 valence electrons. The molecule has 1 heterocycles. The molecule has 0 aromatic carbocycles. The Morgan fingerprint density at radius 3 is 1.20 bits per heavy atom.